The Labute approximate surface area is 202 Å². The number of rotatable bonds is 5. The average Bonchev–Trinajstić information content (AvgIpc) is 2.84. The highest BCUT2D eigenvalue weighted by atomic mass is 35.5. The van der Waals surface area contributed by atoms with Crippen LogP contribution >= 0.6 is 23.4 Å². The standard InChI is InChI=1S/C24H24ClN3O4S/c1-14-5-6-16(9-19(14)25)27-12-28-22(29)10-17(18(11-26)24(28)33-13-27)15-7-20(30-2)23(32-4)21(8-15)31-3/h5-9,17H,10,12-13H2,1-4H3/t17-/m1/s1. The van der Waals surface area contributed by atoms with E-state index in [4.69, 9.17) is 25.8 Å². The van der Waals surface area contributed by atoms with Gasteiger partial charge in [-0.25, -0.2) is 0 Å². The lowest BCUT2D eigenvalue weighted by Crippen LogP contribution is -2.47. The SMILES string of the molecule is COc1cc([C@H]2CC(=O)N3CN(c4ccc(C)c(Cl)c4)CSC3=C2C#N)cc(OC)c1OC. The monoisotopic (exact) mass is 485 g/mol. The quantitative estimate of drug-likeness (QED) is 0.596. The Morgan fingerprint density at radius 3 is 2.39 bits per heavy atom. The van der Waals surface area contributed by atoms with E-state index in [1.807, 2.05) is 25.1 Å². The molecule has 0 aliphatic carbocycles. The fraction of sp³-hybridized carbons (Fsp3) is 0.333. The summed E-state index contributed by atoms with van der Waals surface area (Å²) in [5.74, 6) is 1.61. The minimum Gasteiger partial charge on any atom is -0.493 e. The fourth-order valence-electron chi connectivity index (χ4n) is 4.09. The second-order valence-electron chi connectivity index (χ2n) is 7.76. The first-order valence-corrected chi connectivity index (χ1v) is 11.7. The number of methoxy groups -OCH3 is 3. The van der Waals surface area contributed by atoms with Gasteiger partial charge in [-0.05, 0) is 42.3 Å². The number of halogens is 1. The molecule has 0 spiro atoms. The molecule has 0 bridgehead atoms. The molecular formula is C24H24ClN3O4S. The summed E-state index contributed by atoms with van der Waals surface area (Å²) in [5, 5.41) is 11.5. The molecular weight excluding hydrogens is 462 g/mol. The maximum atomic E-state index is 13.2. The van der Waals surface area contributed by atoms with Crippen LogP contribution in [0.5, 0.6) is 17.2 Å². The van der Waals surface area contributed by atoms with Gasteiger partial charge in [0.05, 0.1) is 50.5 Å². The molecule has 172 valence electrons. The number of hydrogen-bond acceptors (Lipinski definition) is 7. The predicted molar refractivity (Wildman–Crippen MR) is 129 cm³/mol. The lowest BCUT2D eigenvalue weighted by Gasteiger charge is -2.42. The van der Waals surface area contributed by atoms with Crippen LogP contribution in [0.1, 0.15) is 23.5 Å². The summed E-state index contributed by atoms with van der Waals surface area (Å²) in [6.07, 6.45) is 0.175. The van der Waals surface area contributed by atoms with Crippen LogP contribution in [0.25, 0.3) is 0 Å². The van der Waals surface area contributed by atoms with E-state index >= 15 is 0 Å². The highest BCUT2D eigenvalue weighted by Gasteiger charge is 2.39. The van der Waals surface area contributed by atoms with Gasteiger partial charge in [-0.2, -0.15) is 5.26 Å². The van der Waals surface area contributed by atoms with Gasteiger partial charge in [0.1, 0.15) is 0 Å². The number of nitrogens with zero attached hydrogens (tertiary/aromatic N) is 3. The summed E-state index contributed by atoms with van der Waals surface area (Å²) in [5.41, 5.74) is 3.28. The third kappa shape index (κ3) is 4.19. The topological polar surface area (TPSA) is 75.0 Å². The number of fused-ring (bicyclic) bond motifs is 1. The lowest BCUT2D eigenvalue weighted by molar-refractivity contribution is -0.129. The van der Waals surface area contributed by atoms with Crippen molar-refractivity contribution in [2.75, 3.05) is 38.8 Å². The number of carbonyl (C=O) groups excluding carboxylic acids is 1. The minimum atomic E-state index is -0.393. The van der Waals surface area contributed by atoms with Crippen LogP contribution in [0, 0.1) is 18.3 Å². The van der Waals surface area contributed by atoms with E-state index in [2.05, 4.69) is 11.0 Å². The molecule has 0 aromatic heterocycles. The Kier molecular flexibility index (Phi) is 6.63. The summed E-state index contributed by atoms with van der Waals surface area (Å²) < 4.78 is 16.4. The number of amides is 1. The fourth-order valence-corrected chi connectivity index (χ4v) is 5.43. The molecule has 1 atom stereocenters. The van der Waals surface area contributed by atoms with Crippen molar-refractivity contribution in [1.29, 1.82) is 5.26 Å². The van der Waals surface area contributed by atoms with Crippen LogP contribution < -0.4 is 19.1 Å². The number of benzene rings is 2. The Morgan fingerprint density at radius 1 is 1.12 bits per heavy atom. The zero-order chi connectivity index (χ0) is 23.7. The molecule has 1 fully saturated rings. The van der Waals surface area contributed by atoms with E-state index in [0.717, 1.165) is 16.8 Å². The molecule has 2 aromatic carbocycles. The molecule has 2 aliphatic rings. The van der Waals surface area contributed by atoms with Crippen molar-refractivity contribution in [3.8, 4) is 23.3 Å². The Bertz CT molecular complexity index is 1150. The molecule has 1 amide bonds. The van der Waals surface area contributed by atoms with Crippen molar-refractivity contribution in [2.45, 2.75) is 19.3 Å². The van der Waals surface area contributed by atoms with Gasteiger partial charge in [-0.1, -0.05) is 29.4 Å². The van der Waals surface area contributed by atoms with Gasteiger partial charge >= 0.3 is 0 Å². The van der Waals surface area contributed by atoms with E-state index in [1.54, 1.807) is 31.3 Å². The van der Waals surface area contributed by atoms with Gasteiger partial charge in [-0.3, -0.25) is 9.69 Å². The summed E-state index contributed by atoms with van der Waals surface area (Å²) >= 11 is 7.79. The number of allylic oxidation sites excluding steroid dienone is 1. The number of carbonyl (C=O) groups is 1. The van der Waals surface area contributed by atoms with Crippen molar-refractivity contribution in [1.82, 2.24) is 4.90 Å². The first kappa shape index (κ1) is 23.1. The predicted octanol–water partition coefficient (Wildman–Crippen LogP) is 4.89. The second kappa shape index (κ2) is 9.46. The smallest absolute Gasteiger partial charge is 0.229 e. The summed E-state index contributed by atoms with van der Waals surface area (Å²) in [6, 6.07) is 11.8. The van der Waals surface area contributed by atoms with E-state index in [-0.39, 0.29) is 12.3 Å². The Hall–Kier alpha value is -3.02. The lowest BCUT2D eigenvalue weighted by atomic mass is 9.86. The van der Waals surface area contributed by atoms with Crippen molar-refractivity contribution in [3.05, 3.63) is 57.1 Å². The first-order valence-electron chi connectivity index (χ1n) is 10.3. The zero-order valence-electron chi connectivity index (χ0n) is 18.8. The van der Waals surface area contributed by atoms with Gasteiger partial charge in [-0.15, -0.1) is 0 Å². The average molecular weight is 486 g/mol. The van der Waals surface area contributed by atoms with E-state index in [0.29, 0.717) is 45.4 Å². The molecule has 0 N–H and O–H groups in total. The van der Waals surface area contributed by atoms with Crippen LogP contribution in [0.15, 0.2) is 40.9 Å². The maximum absolute atomic E-state index is 13.2. The van der Waals surface area contributed by atoms with Gasteiger partial charge in [0, 0.05) is 23.0 Å². The number of hydrogen-bond donors (Lipinski definition) is 0. The molecule has 33 heavy (non-hydrogen) atoms. The highest BCUT2D eigenvalue weighted by molar-refractivity contribution is 8.03. The van der Waals surface area contributed by atoms with Gasteiger partial charge in [0.25, 0.3) is 0 Å². The first-order chi connectivity index (χ1) is 15.9. The minimum absolute atomic E-state index is 0.0434. The van der Waals surface area contributed by atoms with Crippen LogP contribution in [0.2, 0.25) is 5.02 Å². The zero-order valence-corrected chi connectivity index (χ0v) is 20.4. The molecule has 0 radical (unpaired) electrons. The van der Waals surface area contributed by atoms with Crippen LogP contribution in [-0.2, 0) is 4.79 Å². The van der Waals surface area contributed by atoms with Crippen molar-refractivity contribution in [3.63, 3.8) is 0 Å². The largest absolute Gasteiger partial charge is 0.493 e. The Balaban J connectivity index is 1.70. The number of ether oxygens (including phenoxy) is 3. The number of anilines is 1. The second-order valence-corrected chi connectivity index (χ2v) is 9.10. The summed E-state index contributed by atoms with van der Waals surface area (Å²) in [4.78, 5) is 17.0. The summed E-state index contributed by atoms with van der Waals surface area (Å²) in [6.45, 7) is 2.32. The van der Waals surface area contributed by atoms with Crippen LogP contribution in [-0.4, -0.2) is 44.7 Å². The van der Waals surface area contributed by atoms with E-state index < -0.39 is 5.92 Å². The number of nitriles is 1. The van der Waals surface area contributed by atoms with Crippen molar-refractivity contribution < 1.29 is 19.0 Å². The van der Waals surface area contributed by atoms with Gasteiger partial charge in [0.2, 0.25) is 11.7 Å². The van der Waals surface area contributed by atoms with E-state index in [9.17, 15) is 10.1 Å². The third-order valence-corrected chi connectivity index (χ3v) is 7.47. The maximum Gasteiger partial charge on any atom is 0.229 e. The molecule has 4 rings (SSSR count). The van der Waals surface area contributed by atoms with Crippen LogP contribution in [0.4, 0.5) is 5.69 Å². The molecule has 0 unspecified atom stereocenters. The molecule has 2 heterocycles. The van der Waals surface area contributed by atoms with E-state index in [1.165, 1.54) is 18.9 Å². The molecule has 0 saturated carbocycles. The molecule has 1 saturated heterocycles. The molecule has 2 aliphatic heterocycles. The molecule has 2 aromatic rings. The normalized spacial score (nSPS) is 18.1. The Morgan fingerprint density at radius 2 is 1.82 bits per heavy atom. The number of thioether (sulfide) groups is 1. The highest BCUT2D eigenvalue weighted by Crippen LogP contribution is 2.47. The van der Waals surface area contributed by atoms with Gasteiger partial charge in [0.15, 0.2) is 11.5 Å². The van der Waals surface area contributed by atoms with Crippen LogP contribution in [0.3, 0.4) is 0 Å². The van der Waals surface area contributed by atoms with Gasteiger partial charge < -0.3 is 19.1 Å². The third-order valence-electron chi connectivity index (χ3n) is 5.90. The van der Waals surface area contributed by atoms with Crippen molar-refractivity contribution in [2.24, 2.45) is 0 Å². The molecule has 7 nitrogen and oxygen atoms in total. The summed E-state index contributed by atoms with van der Waals surface area (Å²) in [7, 11) is 4.62. The molecule has 9 heteroatoms. The van der Waals surface area contributed by atoms with Crippen molar-refractivity contribution >= 4 is 35.0 Å². The number of aryl methyl sites for hydroxylation is 1.